The number of halogens is 3. The van der Waals surface area contributed by atoms with E-state index in [-0.39, 0.29) is 36.3 Å². The summed E-state index contributed by atoms with van der Waals surface area (Å²) in [5.74, 6) is -0.430. The van der Waals surface area contributed by atoms with Gasteiger partial charge in [-0.1, -0.05) is 54.6 Å². The Balaban J connectivity index is 1.63. The highest BCUT2D eigenvalue weighted by molar-refractivity contribution is 5.93. The van der Waals surface area contributed by atoms with Gasteiger partial charge in [0.2, 0.25) is 5.91 Å². The number of primary amides is 1. The van der Waals surface area contributed by atoms with E-state index in [2.05, 4.69) is 10.3 Å². The molecule has 4 atom stereocenters. The Morgan fingerprint density at radius 1 is 1.10 bits per heavy atom. The molecule has 2 aromatic heterocycles. The minimum Gasteiger partial charge on any atom is -0.493 e. The number of aliphatic hydroxyl groups is 1. The maximum atomic E-state index is 14.7. The molecule has 218 valence electrons. The van der Waals surface area contributed by atoms with Crippen molar-refractivity contribution in [2.75, 3.05) is 6.61 Å². The van der Waals surface area contributed by atoms with Crippen LogP contribution in [0.25, 0.3) is 11.3 Å². The summed E-state index contributed by atoms with van der Waals surface area (Å²) in [6.07, 6.45) is -4.42. The molecule has 0 saturated carbocycles. The van der Waals surface area contributed by atoms with Crippen molar-refractivity contribution >= 4 is 5.91 Å². The molecule has 4 unspecified atom stereocenters. The van der Waals surface area contributed by atoms with E-state index in [0.717, 1.165) is 10.8 Å². The van der Waals surface area contributed by atoms with Gasteiger partial charge in [0.15, 0.2) is 0 Å². The summed E-state index contributed by atoms with van der Waals surface area (Å²) >= 11 is 0. The van der Waals surface area contributed by atoms with Crippen LogP contribution in [0.1, 0.15) is 40.0 Å². The van der Waals surface area contributed by atoms with Gasteiger partial charge < -0.3 is 20.1 Å². The van der Waals surface area contributed by atoms with Crippen molar-refractivity contribution in [2.45, 2.75) is 43.2 Å². The van der Waals surface area contributed by atoms with Gasteiger partial charge in [-0.15, -0.1) is 0 Å². The second-order valence-electron chi connectivity index (χ2n) is 10.1. The molecule has 0 radical (unpaired) electrons. The van der Waals surface area contributed by atoms with E-state index in [4.69, 9.17) is 10.5 Å². The van der Waals surface area contributed by atoms with E-state index in [1.807, 2.05) is 0 Å². The first kappa shape index (κ1) is 29.0. The Morgan fingerprint density at radius 3 is 2.50 bits per heavy atom. The van der Waals surface area contributed by atoms with Crippen molar-refractivity contribution in [1.29, 1.82) is 0 Å². The van der Waals surface area contributed by atoms with Crippen LogP contribution in [0.5, 0.6) is 5.75 Å². The molecule has 0 bridgehead atoms. The Labute approximate surface area is 239 Å². The van der Waals surface area contributed by atoms with Gasteiger partial charge >= 0.3 is 6.18 Å². The number of benzene rings is 2. The molecule has 3 heterocycles. The number of aromatic nitrogens is 2. The summed E-state index contributed by atoms with van der Waals surface area (Å²) in [5.41, 5.74) is 6.01. The van der Waals surface area contributed by atoms with Crippen molar-refractivity contribution in [3.8, 4) is 17.0 Å². The molecule has 11 heteroatoms. The SMILES string of the molecule is NC(=O)c1cc(-c2ccccn2)c(=O)n(C(Cc2ccccc2)C(O)C(NC2CCOc3ccccc32)C(F)(F)F)c1. The summed E-state index contributed by atoms with van der Waals surface area (Å²) in [6, 6.07) is 16.7. The van der Waals surface area contributed by atoms with Gasteiger partial charge in [0, 0.05) is 30.4 Å². The van der Waals surface area contributed by atoms with Gasteiger partial charge in [0.1, 0.15) is 11.8 Å². The number of para-hydroxylation sites is 1. The number of alkyl halides is 3. The molecule has 2 aromatic carbocycles. The van der Waals surface area contributed by atoms with Crippen molar-refractivity contribution in [1.82, 2.24) is 14.9 Å². The van der Waals surface area contributed by atoms with Gasteiger partial charge in [0.25, 0.3) is 5.56 Å². The van der Waals surface area contributed by atoms with E-state index in [9.17, 15) is 27.9 Å². The molecular weight excluding hydrogens is 549 g/mol. The number of ether oxygens (including phenoxy) is 1. The number of hydrogen-bond acceptors (Lipinski definition) is 6. The van der Waals surface area contributed by atoms with Crippen LogP contribution in [0.4, 0.5) is 13.2 Å². The van der Waals surface area contributed by atoms with Gasteiger partial charge in [-0.25, -0.2) is 0 Å². The van der Waals surface area contributed by atoms with Crippen molar-refractivity contribution < 1.29 is 27.8 Å². The largest absolute Gasteiger partial charge is 0.493 e. The summed E-state index contributed by atoms with van der Waals surface area (Å²) in [6.45, 7) is 0.191. The van der Waals surface area contributed by atoms with Crippen molar-refractivity contribution in [2.24, 2.45) is 5.73 Å². The number of fused-ring (bicyclic) bond motifs is 1. The number of aliphatic hydroxyl groups excluding tert-OH is 1. The average Bonchev–Trinajstić information content (AvgIpc) is 2.99. The van der Waals surface area contributed by atoms with Crippen LogP contribution in [0, 0.1) is 0 Å². The Hall–Kier alpha value is -4.48. The first-order chi connectivity index (χ1) is 20.1. The lowest BCUT2D eigenvalue weighted by atomic mass is 9.92. The summed E-state index contributed by atoms with van der Waals surface area (Å²) in [4.78, 5) is 30.3. The minimum absolute atomic E-state index is 0.0352. The van der Waals surface area contributed by atoms with Gasteiger partial charge in [-0.05, 0) is 36.2 Å². The van der Waals surface area contributed by atoms with Crippen molar-refractivity contribution in [3.63, 3.8) is 0 Å². The normalized spacial score (nSPS) is 17.0. The number of nitrogens with one attached hydrogen (secondary N) is 1. The topological polar surface area (TPSA) is 119 Å². The van der Waals surface area contributed by atoms with Crippen LogP contribution >= 0.6 is 0 Å². The maximum Gasteiger partial charge on any atom is 0.406 e. The zero-order valence-electron chi connectivity index (χ0n) is 22.4. The Kier molecular flexibility index (Phi) is 8.41. The minimum atomic E-state index is -4.91. The summed E-state index contributed by atoms with van der Waals surface area (Å²) < 4.78 is 50.8. The zero-order chi connectivity index (χ0) is 29.9. The number of carbonyl (C=O) groups is 1. The van der Waals surface area contributed by atoms with Crippen LogP contribution in [0.2, 0.25) is 0 Å². The fourth-order valence-corrected chi connectivity index (χ4v) is 5.27. The highest BCUT2D eigenvalue weighted by atomic mass is 19.4. The molecule has 0 aliphatic carbocycles. The molecule has 8 nitrogen and oxygen atoms in total. The highest BCUT2D eigenvalue weighted by Crippen LogP contribution is 2.36. The molecule has 1 amide bonds. The fourth-order valence-electron chi connectivity index (χ4n) is 5.27. The molecule has 4 N–H and O–H groups in total. The van der Waals surface area contributed by atoms with Gasteiger partial charge in [0.05, 0.1) is 35.6 Å². The lowest BCUT2D eigenvalue weighted by Crippen LogP contribution is -2.56. The molecule has 1 aliphatic heterocycles. The molecule has 4 aromatic rings. The number of nitrogens with two attached hydrogens (primary N) is 1. The monoisotopic (exact) mass is 578 g/mol. The van der Waals surface area contributed by atoms with Crippen LogP contribution in [0.3, 0.4) is 0 Å². The van der Waals surface area contributed by atoms with E-state index in [1.165, 1.54) is 18.3 Å². The number of carbonyl (C=O) groups excluding carboxylic acids is 1. The van der Waals surface area contributed by atoms with E-state index < -0.39 is 41.9 Å². The number of pyridine rings is 2. The van der Waals surface area contributed by atoms with E-state index >= 15 is 0 Å². The number of amides is 1. The second kappa shape index (κ2) is 12.2. The van der Waals surface area contributed by atoms with Crippen molar-refractivity contribution in [3.05, 3.63) is 118 Å². The maximum absolute atomic E-state index is 14.7. The quantitative estimate of drug-likeness (QED) is 0.274. The number of hydrogen-bond donors (Lipinski definition) is 3. The predicted octanol–water partition coefficient (Wildman–Crippen LogP) is 4.20. The summed E-state index contributed by atoms with van der Waals surface area (Å²) in [7, 11) is 0. The average molecular weight is 579 g/mol. The number of rotatable bonds is 9. The molecule has 5 rings (SSSR count). The van der Waals surface area contributed by atoms with E-state index in [0.29, 0.717) is 16.9 Å². The van der Waals surface area contributed by atoms with Crippen LogP contribution in [-0.2, 0) is 6.42 Å². The zero-order valence-corrected chi connectivity index (χ0v) is 22.4. The molecule has 1 aliphatic rings. The third kappa shape index (κ3) is 6.22. The smallest absolute Gasteiger partial charge is 0.406 e. The first-order valence-electron chi connectivity index (χ1n) is 13.4. The summed E-state index contributed by atoms with van der Waals surface area (Å²) in [5, 5.41) is 14.2. The first-order valence-corrected chi connectivity index (χ1v) is 13.4. The predicted molar refractivity (Wildman–Crippen MR) is 150 cm³/mol. The van der Waals surface area contributed by atoms with Gasteiger partial charge in [-0.2, -0.15) is 13.2 Å². The fraction of sp³-hybridized carbons (Fsp3) is 0.258. The van der Waals surface area contributed by atoms with Gasteiger partial charge in [-0.3, -0.25) is 19.9 Å². The Bertz CT molecular complexity index is 1600. The Morgan fingerprint density at radius 2 is 1.81 bits per heavy atom. The molecule has 42 heavy (non-hydrogen) atoms. The van der Waals surface area contributed by atoms with Crippen LogP contribution < -0.4 is 21.3 Å². The van der Waals surface area contributed by atoms with E-state index in [1.54, 1.807) is 66.7 Å². The van der Waals surface area contributed by atoms with Crippen LogP contribution in [0.15, 0.2) is 96.1 Å². The standard InChI is InChI=1S/C31H29F3N4O4/c32-31(33,34)28(37-24-13-15-42-26-12-5-4-10-21(24)26)27(39)25(16-19-8-2-1-3-9-19)38-18-20(29(35)40)17-22(30(38)41)23-11-6-7-14-36-23/h1-12,14,17-18,24-25,27-28,37,39H,13,15-16H2,(H2,35,40). The molecule has 0 fully saturated rings. The third-order valence-corrected chi connectivity index (χ3v) is 7.34. The third-order valence-electron chi connectivity index (χ3n) is 7.34. The number of nitrogens with zero attached hydrogens (tertiary/aromatic N) is 2. The van der Waals surface area contributed by atoms with Crippen LogP contribution in [-0.4, -0.2) is 45.5 Å². The second-order valence-corrected chi connectivity index (χ2v) is 10.1. The molecule has 0 saturated heterocycles. The highest BCUT2D eigenvalue weighted by Gasteiger charge is 2.49. The lowest BCUT2D eigenvalue weighted by molar-refractivity contribution is -0.186. The lowest BCUT2D eigenvalue weighted by Gasteiger charge is -2.37. The molecular formula is C31H29F3N4O4. The molecule has 0 spiro atoms.